The highest BCUT2D eigenvalue weighted by Gasteiger charge is 2.10. The van der Waals surface area contributed by atoms with E-state index in [9.17, 15) is 9.59 Å². The number of hydrogen-bond donors (Lipinski definition) is 1. The molecule has 0 aliphatic heterocycles. The summed E-state index contributed by atoms with van der Waals surface area (Å²) in [6.45, 7) is 3.18. The fourth-order valence-corrected chi connectivity index (χ4v) is 1.75. The Bertz CT molecular complexity index is 698. The molecule has 6 heteroatoms. The second kappa shape index (κ2) is 6.13. The van der Waals surface area contributed by atoms with Crippen molar-refractivity contribution in [2.24, 2.45) is 0 Å². The van der Waals surface area contributed by atoms with Crippen molar-refractivity contribution in [2.45, 2.75) is 20.5 Å². The van der Waals surface area contributed by atoms with Crippen molar-refractivity contribution >= 4 is 11.8 Å². The van der Waals surface area contributed by atoms with Gasteiger partial charge >= 0.3 is 5.97 Å². The van der Waals surface area contributed by atoms with E-state index in [2.05, 4.69) is 9.97 Å². The lowest BCUT2D eigenvalue weighted by molar-refractivity contribution is 0.0694. The van der Waals surface area contributed by atoms with Crippen LogP contribution in [0.25, 0.3) is 0 Å². The molecule has 2 rings (SSSR count). The van der Waals surface area contributed by atoms with Crippen LogP contribution in [-0.2, 0) is 6.61 Å². The zero-order valence-electron chi connectivity index (χ0n) is 11.7. The van der Waals surface area contributed by atoms with Gasteiger partial charge in [-0.3, -0.25) is 4.79 Å². The van der Waals surface area contributed by atoms with Gasteiger partial charge in [0.25, 0.3) is 0 Å². The Morgan fingerprint density at radius 3 is 2.71 bits per heavy atom. The third-order valence-electron chi connectivity index (χ3n) is 2.87. The van der Waals surface area contributed by atoms with Crippen molar-refractivity contribution in [1.29, 1.82) is 0 Å². The predicted octanol–water partition coefficient (Wildman–Crippen LogP) is 2.26. The Balaban J connectivity index is 2.10. The normalized spacial score (nSPS) is 10.2. The number of carbonyl (C=O) groups excluding carboxylic acids is 1. The summed E-state index contributed by atoms with van der Waals surface area (Å²) in [6, 6.07) is 6.80. The topological polar surface area (TPSA) is 89.4 Å². The van der Waals surface area contributed by atoms with E-state index in [-0.39, 0.29) is 18.0 Å². The smallest absolute Gasteiger partial charge is 0.339 e. The van der Waals surface area contributed by atoms with Gasteiger partial charge in [0, 0.05) is 11.8 Å². The van der Waals surface area contributed by atoms with Gasteiger partial charge in [-0.2, -0.15) is 0 Å². The molecule has 0 aliphatic carbocycles. The zero-order chi connectivity index (χ0) is 15.4. The average Bonchev–Trinajstić information content (AvgIpc) is 2.45. The number of ether oxygens (including phenoxy) is 1. The van der Waals surface area contributed by atoms with Crippen molar-refractivity contribution in [3.63, 3.8) is 0 Å². The molecule has 2 aromatic rings. The van der Waals surface area contributed by atoms with E-state index < -0.39 is 5.97 Å². The summed E-state index contributed by atoms with van der Waals surface area (Å²) in [5.74, 6) is -0.190. The molecule has 1 aromatic heterocycles. The minimum absolute atomic E-state index is 0.0432. The Morgan fingerprint density at radius 2 is 2.10 bits per heavy atom. The van der Waals surface area contributed by atoms with Crippen LogP contribution in [0, 0.1) is 6.92 Å². The lowest BCUT2D eigenvalue weighted by atomic mass is 10.1. The molecule has 1 N–H and O–H groups in total. The van der Waals surface area contributed by atoms with Crippen LogP contribution in [0.15, 0.2) is 30.5 Å². The molecule has 21 heavy (non-hydrogen) atoms. The number of carbonyl (C=O) groups is 2. The summed E-state index contributed by atoms with van der Waals surface area (Å²) in [7, 11) is 0. The highest BCUT2D eigenvalue weighted by atomic mass is 16.5. The largest absolute Gasteiger partial charge is 0.486 e. The lowest BCUT2D eigenvalue weighted by Gasteiger charge is -2.07. The number of carboxylic acids is 1. The average molecular weight is 286 g/mol. The quantitative estimate of drug-likeness (QED) is 0.848. The molecule has 0 saturated carbocycles. The number of nitrogens with zero attached hydrogens (tertiary/aromatic N) is 2. The lowest BCUT2D eigenvalue weighted by Crippen LogP contribution is -2.08. The highest BCUT2D eigenvalue weighted by Crippen LogP contribution is 2.15. The molecular formula is C15H14N2O4. The van der Waals surface area contributed by atoms with E-state index in [1.807, 2.05) is 0 Å². The second-order valence-electron chi connectivity index (χ2n) is 4.46. The summed E-state index contributed by atoms with van der Waals surface area (Å²) in [5, 5.41) is 8.90. The van der Waals surface area contributed by atoms with Crippen LogP contribution in [0.5, 0.6) is 5.75 Å². The summed E-state index contributed by atoms with van der Waals surface area (Å²) in [5.41, 5.74) is 1.01. The van der Waals surface area contributed by atoms with Crippen LogP contribution in [0.3, 0.4) is 0 Å². The van der Waals surface area contributed by atoms with Crippen LogP contribution in [-0.4, -0.2) is 26.8 Å². The standard InChI is InChI=1S/C15H14N2O4/c1-9-13(15(19)20)7-16-14(17-9)8-21-12-5-3-4-11(6-12)10(2)18/h3-7H,8H2,1-2H3,(H,19,20). The monoisotopic (exact) mass is 286 g/mol. The number of aryl methyl sites for hydroxylation is 1. The van der Waals surface area contributed by atoms with Gasteiger partial charge in [-0.05, 0) is 26.0 Å². The Hall–Kier alpha value is -2.76. The van der Waals surface area contributed by atoms with E-state index in [4.69, 9.17) is 9.84 Å². The number of rotatable bonds is 5. The van der Waals surface area contributed by atoms with Crippen molar-refractivity contribution < 1.29 is 19.4 Å². The first-order chi connectivity index (χ1) is 9.97. The molecule has 0 amide bonds. The van der Waals surface area contributed by atoms with Gasteiger partial charge in [0.05, 0.1) is 11.3 Å². The van der Waals surface area contributed by atoms with Gasteiger partial charge in [-0.25, -0.2) is 14.8 Å². The van der Waals surface area contributed by atoms with E-state index in [0.29, 0.717) is 22.8 Å². The molecule has 1 aromatic carbocycles. The van der Waals surface area contributed by atoms with Crippen LogP contribution in [0.2, 0.25) is 0 Å². The molecule has 0 fully saturated rings. The first kappa shape index (κ1) is 14.6. The van der Waals surface area contributed by atoms with Crippen molar-refractivity contribution in [2.75, 3.05) is 0 Å². The molecule has 0 unspecified atom stereocenters. The van der Waals surface area contributed by atoms with E-state index in [1.54, 1.807) is 31.2 Å². The van der Waals surface area contributed by atoms with Crippen molar-refractivity contribution in [3.8, 4) is 5.75 Å². The van der Waals surface area contributed by atoms with Gasteiger partial charge < -0.3 is 9.84 Å². The van der Waals surface area contributed by atoms with Crippen LogP contribution in [0.1, 0.15) is 39.2 Å². The third kappa shape index (κ3) is 3.62. The number of aromatic nitrogens is 2. The van der Waals surface area contributed by atoms with Crippen LogP contribution in [0.4, 0.5) is 0 Å². The van der Waals surface area contributed by atoms with Gasteiger partial charge in [0.1, 0.15) is 12.4 Å². The van der Waals surface area contributed by atoms with Gasteiger partial charge in [-0.1, -0.05) is 12.1 Å². The predicted molar refractivity (Wildman–Crippen MR) is 74.5 cm³/mol. The Labute approximate surface area is 121 Å². The van der Waals surface area contributed by atoms with E-state index >= 15 is 0 Å². The number of benzene rings is 1. The molecule has 0 saturated heterocycles. The Kier molecular flexibility index (Phi) is 4.27. The zero-order valence-corrected chi connectivity index (χ0v) is 11.7. The van der Waals surface area contributed by atoms with Crippen LogP contribution < -0.4 is 4.74 Å². The molecule has 0 radical (unpaired) electrons. The molecule has 108 valence electrons. The fourth-order valence-electron chi connectivity index (χ4n) is 1.75. The second-order valence-corrected chi connectivity index (χ2v) is 4.46. The van der Waals surface area contributed by atoms with Crippen LogP contribution >= 0.6 is 0 Å². The fraction of sp³-hybridized carbons (Fsp3) is 0.200. The summed E-state index contributed by atoms with van der Waals surface area (Å²) in [4.78, 5) is 30.2. The molecule has 0 aliphatic rings. The molecule has 0 bridgehead atoms. The Morgan fingerprint density at radius 1 is 1.33 bits per heavy atom. The van der Waals surface area contributed by atoms with Crippen molar-refractivity contribution in [3.05, 3.63) is 53.1 Å². The van der Waals surface area contributed by atoms with Crippen molar-refractivity contribution in [1.82, 2.24) is 9.97 Å². The van der Waals surface area contributed by atoms with E-state index in [1.165, 1.54) is 13.1 Å². The number of hydrogen-bond acceptors (Lipinski definition) is 5. The molecule has 0 spiro atoms. The maximum Gasteiger partial charge on any atom is 0.339 e. The molecule has 0 atom stereocenters. The minimum atomic E-state index is -1.06. The van der Waals surface area contributed by atoms with E-state index in [0.717, 1.165) is 0 Å². The molecule has 6 nitrogen and oxygen atoms in total. The van der Waals surface area contributed by atoms with Gasteiger partial charge in [-0.15, -0.1) is 0 Å². The van der Waals surface area contributed by atoms with Gasteiger partial charge in [0.2, 0.25) is 0 Å². The summed E-state index contributed by atoms with van der Waals surface area (Å²) >= 11 is 0. The first-order valence-corrected chi connectivity index (χ1v) is 6.27. The number of carboxylic acid groups (broad SMARTS) is 1. The maximum absolute atomic E-state index is 11.3. The highest BCUT2D eigenvalue weighted by molar-refractivity contribution is 5.94. The van der Waals surface area contributed by atoms with Gasteiger partial charge in [0.15, 0.2) is 11.6 Å². The summed E-state index contributed by atoms with van der Waals surface area (Å²) in [6.07, 6.45) is 1.26. The minimum Gasteiger partial charge on any atom is -0.486 e. The number of ketones is 1. The summed E-state index contributed by atoms with van der Waals surface area (Å²) < 4.78 is 5.51. The molecular weight excluding hydrogens is 272 g/mol. The maximum atomic E-state index is 11.3. The number of Topliss-reactive ketones (excluding diaryl/α,β-unsaturated/α-hetero) is 1. The SMILES string of the molecule is CC(=O)c1cccc(OCc2ncc(C(=O)O)c(C)n2)c1. The third-order valence-corrected chi connectivity index (χ3v) is 2.87. The first-order valence-electron chi connectivity index (χ1n) is 6.27. The number of aromatic carboxylic acids is 1. The molecule has 1 heterocycles.